The van der Waals surface area contributed by atoms with E-state index in [0.717, 1.165) is 0 Å². The highest BCUT2D eigenvalue weighted by molar-refractivity contribution is 7.91. The number of sulfone groups is 1. The van der Waals surface area contributed by atoms with Crippen molar-refractivity contribution in [2.45, 2.75) is 18.1 Å². The Hall–Kier alpha value is -1.96. The first-order valence-corrected chi connectivity index (χ1v) is 8.93. The van der Waals surface area contributed by atoms with E-state index >= 15 is 0 Å². The number of likely N-dealkylation sites (tertiary alicyclic amines) is 1. The first kappa shape index (κ1) is 15.0. The number of fused-ring (bicyclic) bond motifs is 1. The van der Waals surface area contributed by atoms with Crippen molar-refractivity contribution in [3.05, 3.63) is 29.7 Å². The minimum Gasteiger partial charge on any atom is -0.337 e. The van der Waals surface area contributed by atoms with Crippen LogP contribution in [0.15, 0.2) is 18.2 Å². The highest BCUT2D eigenvalue weighted by Crippen LogP contribution is 2.22. The van der Waals surface area contributed by atoms with Crippen LogP contribution >= 0.6 is 0 Å². The molecule has 0 aliphatic carbocycles. The van der Waals surface area contributed by atoms with Crippen molar-refractivity contribution in [2.24, 2.45) is 0 Å². The Kier molecular flexibility index (Phi) is 3.64. The van der Waals surface area contributed by atoms with Crippen LogP contribution in [0, 0.1) is 5.82 Å². The second-order valence-electron chi connectivity index (χ2n) is 5.58. The molecule has 0 saturated carbocycles. The lowest BCUT2D eigenvalue weighted by molar-refractivity contribution is 0.0721. The number of rotatable bonds is 2. The minimum absolute atomic E-state index is 0.243. The van der Waals surface area contributed by atoms with Crippen LogP contribution in [0.2, 0.25) is 0 Å². The Morgan fingerprint density at radius 1 is 1.36 bits per heavy atom. The normalized spacial score (nSPS) is 17.1. The fourth-order valence-electron chi connectivity index (χ4n) is 2.79. The van der Waals surface area contributed by atoms with Crippen molar-refractivity contribution in [1.82, 2.24) is 15.1 Å². The van der Waals surface area contributed by atoms with E-state index in [1.807, 2.05) is 0 Å². The van der Waals surface area contributed by atoms with Gasteiger partial charge in [0.15, 0.2) is 5.69 Å². The first-order valence-electron chi connectivity index (χ1n) is 6.98. The van der Waals surface area contributed by atoms with Gasteiger partial charge in [-0.25, -0.2) is 12.8 Å². The van der Waals surface area contributed by atoms with Crippen molar-refractivity contribution in [1.29, 1.82) is 0 Å². The number of aromatic nitrogens is 2. The second kappa shape index (κ2) is 5.35. The number of H-pyrrole nitrogens is 1. The zero-order valence-electron chi connectivity index (χ0n) is 12.0. The molecule has 0 spiro atoms. The number of carbonyl (C=O) groups is 1. The van der Waals surface area contributed by atoms with Crippen LogP contribution in [-0.2, 0) is 9.84 Å². The molecule has 2 aromatic rings. The summed E-state index contributed by atoms with van der Waals surface area (Å²) in [7, 11) is -3.07. The lowest BCUT2D eigenvalue weighted by atomic mass is 10.1. The van der Waals surface area contributed by atoms with Crippen molar-refractivity contribution in [2.75, 3.05) is 19.3 Å². The van der Waals surface area contributed by atoms with Crippen LogP contribution in [0.4, 0.5) is 4.39 Å². The molecule has 22 heavy (non-hydrogen) atoms. The average molecular weight is 325 g/mol. The van der Waals surface area contributed by atoms with E-state index in [1.165, 1.54) is 24.5 Å². The molecule has 1 N–H and O–H groups in total. The standard InChI is InChI=1S/C14H16FN3O3S/c1-22(20,21)10-4-6-18(7-5-10)14(19)13-11-3-2-9(15)8-12(11)16-17-13/h2-3,8,10H,4-7H2,1H3,(H,16,17). The maximum Gasteiger partial charge on any atom is 0.274 e. The molecule has 118 valence electrons. The summed E-state index contributed by atoms with van der Waals surface area (Å²) in [5, 5.41) is 6.81. The van der Waals surface area contributed by atoms with Gasteiger partial charge < -0.3 is 4.90 Å². The summed E-state index contributed by atoms with van der Waals surface area (Å²) in [6.45, 7) is 0.762. The van der Waals surface area contributed by atoms with Crippen molar-refractivity contribution < 1.29 is 17.6 Å². The molecule has 6 nitrogen and oxygen atoms in total. The van der Waals surface area contributed by atoms with E-state index in [2.05, 4.69) is 10.2 Å². The molecule has 1 aliphatic heterocycles. The number of carbonyl (C=O) groups excluding carboxylic acids is 1. The van der Waals surface area contributed by atoms with Gasteiger partial charge in [-0.2, -0.15) is 5.10 Å². The number of piperidine rings is 1. The third-order valence-electron chi connectivity index (χ3n) is 4.06. The quantitative estimate of drug-likeness (QED) is 0.903. The van der Waals surface area contributed by atoms with Gasteiger partial charge in [0.05, 0.1) is 10.8 Å². The van der Waals surface area contributed by atoms with Gasteiger partial charge >= 0.3 is 0 Å². The van der Waals surface area contributed by atoms with Gasteiger partial charge in [-0.05, 0) is 31.0 Å². The summed E-state index contributed by atoms with van der Waals surface area (Å²) in [5.74, 6) is -0.658. The Labute approximate surface area is 127 Å². The molecular formula is C14H16FN3O3S. The van der Waals surface area contributed by atoms with Crippen LogP contribution in [0.25, 0.3) is 10.9 Å². The van der Waals surface area contributed by atoms with Gasteiger partial charge in [-0.3, -0.25) is 9.89 Å². The van der Waals surface area contributed by atoms with Crippen molar-refractivity contribution in [3.63, 3.8) is 0 Å². The average Bonchev–Trinajstić information content (AvgIpc) is 2.88. The van der Waals surface area contributed by atoms with E-state index in [4.69, 9.17) is 0 Å². The highest BCUT2D eigenvalue weighted by atomic mass is 32.2. The number of aromatic amines is 1. The highest BCUT2D eigenvalue weighted by Gasteiger charge is 2.30. The zero-order valence-corrected chi connectivity index (χ0v) is 12.9. The van der Waals surface area contributed by atoms with Crippen LogP contribution in [0.3, 0.4) is 0 Å². The van der Waals surface area contributed by atoms with Crippen LogP contribution in [-0.4, -0.2) is 54.0 Å². The van der Waals surface area contributed by atoms with E-state index in [9.17, 15) is 17.6 Å². The van der Waals surface area contributed by atoms with E-state index < -0.39 is 15.7 Å². The largest absolute Gasteiger partial charge is 0.337 e. The minimum atomic E-state index is -3.07. The summed E-state index contributed by atoms with van der Waals surface area (Å²) < 4.78 is 36.2. The van der Waals surface area contributed by atoms with Gasteiger partial charge in [-0.15, -0.1) is 0 Å². The number of halogens is 1. The predicted octanol–water partition coefficient (Wildman–Crippen LogP) is 1.35. The van der Waals surface area contributed by atoms with E-state index in [0.29, 0.717) is 36.8 Å². The molecule has 1 fully saturated rings. The van der Waals surface area contributed by atoms with E-state index in [-0.39, 0.29) is 16.9 Å². The number of nitrogens with zero attached hydrogens (tertiary/aromatic N) is 2. The number of hydrogen-bond donors (Lipinski definition) is 1. The molecule has 0 bridgehead atoms. The fourth-order valence-corrected chi connectivity index (χ4v) is 3.86. The third-order valence-corrected chi connectivity index (χ3v) is 5.74. The van der Waals surface area contributed by atoms with E-state index in [1.54, 1.807) is 4.90 Å². The van der Waals surface area contributed by atoms with Crippen LogP contribution < -0.4 is 0 Å². The SMILES string of the molecule is CS(=O)(=O)C1CCN(C(=O)c2n[nH]c3cc(F)ccc23)CC1. The maximum absolute atomic E-state index is 13.2. The van der Waals surface area contributed by atoms with Gasteiger partial charge in [0.1, 0.15) is 15.7 Å². The molecule has 1 amide bonds. The molecule has 0 unspecified atom stereocenters. The second-order valence-corrected chi connectivity index (χ2v) is 7.91. The molecule has 2 heterocycles. The number of nitrogens with one attached hydrogen (secondary N) is 1. The molecule has 1 aromatic heterocycles. The number of amides is 1. The molecule has 3 rings (SSSR count). The number of hydrogen-bond acceptors (Lipinski definition) is 4. The molecule has 8 heteroatoms. The van der Waals surface area contributed by atoms with Crippen molar-refractivity contribution in [3.8, 4) is 0 Å². The number of benzene rings is 1. The Morgan fingerprint density at radius 3 is 2.68 bits per heavy atom. The summed E-state index contributed by atoms with van der Waals surface area (Å²) in [6, 6.07) is 4.09. The Bertz CT molecular complexity index is 823. The predicted molar refractivity (Wildman–Crippen MR) is 79.8 cm³/mol. The Morgan fingerprint density at radius 2 is 2.05 bits per heavy atom. The smallest absolute Gasteiger partial charge is 0.274 e. The molecule has 0 radical (unpaired) electrons. The Balaban J connectivity index is 1.80. The van der Waals surface area contributed by atoms with Gasteiger partial charge in [0.25, 0.3) is 5.91 Å². The zero-order chi connectivity index (χ0) is 15.9. The first-order chi connectivity index (χ1) is 10.4. The fraction of sp³-hybridized carbons (Fsp3) is 0.429. The van der Waals surface area contributed by atoms with Gasteiger partial charge in [-0.1, -0.05) is 0 Å². The summed E-state index contributed by atoms with van der Waals surface area (Å²) in [4.78, 5) is 14.1. The monoisotopic (exact) mass is 325 g/mol. The maximum atomic E-state index is 13.2. The molecule has 1 saturated heterocycles. The molecule has 1 aliphatic rings. The van der Waals surface area contributed by atoms with Gasteiger partial charge in [0, 0.05) is 24.7 Å². The lowest BCUT2D eigenvalue weighted by Gasteiger charge is -2.30. The van der Waals surface area contributed by atoms with Crippen LogP contribution in [0.1, 0.15) is 23.3 Å². The lowest BCUT2D eigenvalue weighted by Crippen LogP contribution is -2.42. The molecular weight excluding hydrogens is 309 g/mol. The molecule has 0 atom stereocenters. The van der Waals surface area contributed by atoms with Crippen LogP contribution in [0.5, 0.6) is 0 Å². The van der Waals surface area contributed by atoms with Gasteiger partial charge in [0.2, 0.25) is 0 Å². The third kappa shape index (κ3) is 2.70. The molecule has 1 aromatic carbocycles. The topological polar surface area (TPSA) is 83.1 Å². The summed E-state index contributed by atoms with van der Waals surface area (Å²) >= 11 is 0. The summed E-state index contributed by atoms with van der Waals surface area (Å²) in [6.07, 6.45) is 2.09. The summed E-state index contributed by atoms with van der Waals surface area (Å²) in [5.41, 5.74) is 0.710. The van der Waals surface area contributed by atoms with Crippen molar-refractivity contribution >= 4 is 26.6 Å².